The van der Waals surface area contributed by atoms with Crippen LogP contribution in [-0.2, 0) is 6.54 Å². The summed E-state index contributed by atoms with van der Waals surface area (Å²) in [5.74, 6) is 0.582. The molecule has 0 aliphatic heterocycles. The zero-order chi connectivity index (χ0) is 18.4. The van der Waals surface area contributed by atoms with Gasteiger partial charge >= 0.3 is 0 Å². The van der Waals surface area contributed by atoms with Crippen molar-refractivity contribution >= 4 is 17.3 Å². The van der Waals surface area contributed by atoms with Crippen molar-refractivity contribution in [3.63, 3.8) is 0 Å². The van der Waals surface area contributed by atoms with Gasteiger partial charge in [-0.15, -0.1) is 0 Å². The molecule has 132 valence electrons. The first-order valence-corrected chi connectivity index (χ1v) is 8.49. The highest BCUT2D eigenvalue weighted by Crippen LogP contribution is 2.17. The zero-order valence-electron chi connectivity index (χ0n) is 15.0. The zero-order valence-corrected chi connectivity index (χ0v) is 15.0. The first kappa shape index (κ1) is 17.5. The number of methoxy groups -OCH3 is 1. The summed E-state index contributed by atoms with van der Waals surface area (Å²) in [6, 6.07) is 23.2. The Bertz CT molecular complexity index is 854. The minimum atomic E-state index is -0.145. The lowest BCUT2D eigenvalue weighted by atomic mass is 10.1. The standard InChI is InChI=1S/C22H22N2O2/c1-16-3-5-17(6-4-16)15-23-19-9-11-20(12-10-19)24-22(25)18-7-13-21(26-2)14-8-18/h3-14,23H,15H2,1-2H3,(H,24,25). The maximum absolute atomic E-state index is 12.3. The summed E-state index contributed by atoms with van der Waals surface area (Å²) in [6.07, 6.45) is 0. The minimum absolute atomic E-state index is 0.145. The first-order chi connectivity index (χ1) is 12.6. The first-order valence-electron chi connectivity index (χ1n) is 8.49. The van der Waals surface area contributed by atoms with E-state index in [9.17, 15) is 4.79 Å². The number of benzene rings is 3. The van der Waals surface area contributed by atoms with Crippen molar-refractivity contribution in [1.82, 2.24) is 0 Å². The maximum atomic E-state index is 12.3. The van der Waals surface area contributed by atoms with Gasteiger partial charge in [-0.2, -0.15) is 0 Å². The van der Waals surface area contributed by atoms with E-state index in [0.29, 0.717) is 5.56 Å². The molecule has 4 heteroatoms. The molecule has 0 aromatic heterocycles. The Morgan fingerprint density at radius 1 is 0.846 bits per heavy atom. The van der Waals surface area contributed by atoms with Gasteiger partial charge in [-0.3, -0.25) is 4.79 Å². The van der Waals surface area contributed by atoms with Crippen LogP contribution in [-0.4, -0.2) is 13.0 Å². The SMILES string of the molecule is COc1ccc(C(=O)Nc2ccc(NCc3ccc(C)cc3)cc2)cc1. The van der Waals surface area contributed by atoms with Crippen molar-refractivity contribution in [2.75, 3.05) is 17.7 Å². The fourth-order valence-electron chi connectivity index (χ4n) is 2.53. The van der Waals surface area contributed by atoms with Crippen LogP contribution in [0.2, 0.25) is 0 Å². The molecular formula is C22H22N2O2. The molecule has 0 fully saturated rings. The Morgan fingerprint density at radius 3 is 2.08 bits per heavy atom. The Labute approximate surface area is 153 Å². The van der Waals surface area contributed by atoms with Crippen LogP contribution in [0.5, 0.6) is 5.75 Å². The number of nitrogens with one attached hydrogen (secondary N) is 2. The molecule has 1 amide bonds. The van der Waals surface area contributed by atoms with Crippen molar-refractivity contribution in [2.24, 2.45) is 0 Å². The molecule has 0 saturated carbocycles. The van der Waals surface area contributed by atoms with E-state index in [0.717, 1.165) is 23.7 Å². The molecule has 26 heavy (non-hydrogen) atoms. The van der Waals surface area contributed by atoms with Crippen LogP contribution >= 0.6 is 0 Å². The molecule has 3 aromatic rings. The molecule has 0 spiro atoms. The number of hydrogen-bond donors (Lipinski definition) is 2. The normalized spacial score (nSPS) is 10.2. The van der Waals surface area contributed by atoms with E-state index in [1.165, 1.54) is 11.1 Å². The Hall–Kier alpha value is -3.27. The van der Waals surface area contributed by atoms with Crippen LogP contribution in [0.15, 0.2) is 72.8 Å². The van der Waals surface area contributed by atoms with Crippen LogP contribution in [0.1, 0.15) is 21.5 Å². The van der Waals surface area contributed by atoms with E-state index in [1.807, 2.05) is 24.3 Å². The molecule has 0 unspecified atom stereocenters. The highest BCUT2D eigenvalue weighted by atomic mass is 16.5. The van der Waals surface area contributed by atoms with Crippen LogP contribution in [0, 0.1) is 6.92 Å². The van der Waals surface area contributed by atoms with Crippen LogP contribution < -0.4 is 15.4 Å². The van der Waals surface area contributed by atoms with Crippen LogP contribution in [0.4, 0.5) is 11.4 Å². The molecule has 0 bridgehead atoms. The van der Waals surface area contributed by atoms with Gasteiger partial charge in [0, 0.05) is 23.5 Å². The highest BCUT2D eigenvalue weighted by molar-refractivity contribution is 6.04. The molecule has 3 rings (SSSR count). The summed E-state index contributed by atoms with van der Waals surface area (Å²) in [6.45, 7) is 2.84. The average Bonchev–Trinajstić information content (AvgIpc) is 2.68. The van der Waals surface area contributed by atoms with Crippen molar-refractivity contribution in [1.29, 1.82) is 0 Å². The molecule has 2 N–H and O–H groups in total. The van der Waals surface area contributed by atoms with E-state index in [-0.39, 0.29) is 5.91 Å². The number of carbonyl (C=O) groups excluding carboxylic acids is 1. The van der Waals surface area contributed by atoms with Crippen molar-refractivity contribution in [2.45, 2.75) is 13.5 Å². The van der Waals surface area contributed by atoms with Gasteiger partial charge in [0.05, 0.1) is 7.11 Å². The summed E-state index contributed by atoms with van der Waals surface area (Å²) in [5.41, 5.74) is 4.84. The predicted molar refractivity (Wildman–Crippen MR) is 106 cm³/mol. The van der Waals surface area contributed by atoms with E-state index in [4.69, 9.17) is 4.74 Å². The summed E-state index contributed by atoms with van der Waals surface area (Å²) in [7, 11) is 1.60. The molecule has 4 nitrogen and oxygen atoms in total. The summed E-state index contributed by atoms with van der Waals surface area (Å²) >= 11 is 0. The number of amides is 1. The second kappa shape index (κ2) is 8.21. The molecule has 3 aromatic carbocycles. The minimum Gasteiger partial charge on any atom is -0.497 e. The van der Waals surface area contributed by atoms with Gasteiger partial charge in [-0.1, -0.05) is 29.8 Å². The molecule has 0 aliphatic carbocycles. The second-order valence-electron chi connectivity index (χ2n) is 6.10. The van der Waals surface area contributed by atoms with E-state index < -0.39 is 0 Å². The van der Waals surface area contributed by atoms with E-state index in [1.54, 1.807) is 31.4 Å². The third kappa shape index (κ3) is 4.63. The Morgan fingerprint density at radius 2 is 1.46 bits per heavy atom. The monoisotopic (exact) mass is 346 g/mol. The highest BCUT2D eigenvalue weighted by Gasteiger charge is 2.06. The fraction of sp³-hybridized carbons (Fsp3) is 0.136. The summed E-state index contributed by atoms with van der Waals surface area (Å²) in [4.78, 5) is 12.3. The van der Waals surface area contributed by atoms with Gasteiger partial charge in [0.15, 0.2) is 0 Å². The number of rotatable bonds is 6. The van der Waals surface area contributed by atoms with Crippen LogP contribution in [0.25, 0.3) is 0 Å². The molecule has 0 atom stereocenters. The lowest BCUT2D eigenvalue weighted by Crippen LogP contribution is -2.11. The maximum Gasteiger partial charge on any atom is 0.255 e. The molecule has 0 saturated heterocycles. The fourth-order valence-corrected chi connectivity index (χ4v) is 2.53. The Balaban J connectivity index is 1.56. The van der Waals surface area contributed by atoms with Gasteiger partial charge in [0.1, 0.15) is 5.75 Å². The molecular weight excluding hydrogens is 324 g/mol. The van der Waals surface area contributed by atoms with Crippen LogP contribution in [0.3, 0.4) is 0 Å². The van der Waals surface area contributed by atoms with Gasteiger partial charge in [-0.25, -0.2) is 0 Å². The number of ether oxygens (including phenoxy) is 1. The van der Waals surface area contributed by atoms with Crippen molar-refractivity contribution in [3.05, 3.63) is 89.5 Å². The number of aryl methyl sites for hydroxylation is 1. The van der Waals surface area contributed by atoms with Crippen molar-refractivity contribution < 1.29 is 9.53 Å². The second-order valence-corrected chi connectivity index (χ2v) is 6.10. The summed E-state index contributed by atoms with van der Waals surface area (Å²) < 4.78 is 5.10. The molecule has 0 aliphatic rings. The van der Waals surface area contributed by atoms with Gasteiger partial charge in [0.2, 0.25) is 0 Å². The third-order valence-electron chi connectivity index (χ3n) is 4.11. The smallest absolute Gasteiger partial charge is 0.255 e. The van der Waals surface area contributed by atoms with Gasteiger partial charge < -0.3 is 15.4 Å². The number of hydrogen-bond acceptors (Lipinski definition) is 3. The quantitative estimate of drug-likeness (QED) is 0.669. The van der Waals surface area contributed by atoms with Gasteiger partial charge in [-0.05, 0) is 61.0 Å². The van der Waals surface area contributed by atoms with Gasteiger partial charge in [0.25, 0.3) is 5.91 Å². The molecule has 0 heterocycles. The van der Waals surface area contributed by atoms with Crippen molar-refractivity contribution in [3.8, 4) is 5.75 Å². The van der Waals surface area contributed by atoms with E-state index in [2.05, 4.69) is 41.8 Å². The summed E-state index contributed by atoms with van der Waals surface area (Å²) in [5, 5.41) is 6.27. The van der Waals surface area contributed by atoms with E-state index >= 15 is 0 Å². The Kier molecular flexibility index (Phi) is 5.54. The largest absolute Gasteiger partial charge is 0.497 e. The predicted octanol–water partition coefficient (Wildman–Crippen LogP) is 4.87. The lowest BCUT2D eigenvalue weighted by molar-refractivity contribution is 0.102. The average molecular weight is 346 g/mol. The molecule has 0 radical (unpaired) electrons. The number of anilines is 2. The third-order valence-corrected chi connectivity index (χ3v) is 4.11. The topological polar surface area (TPSA) is 50.4 Å². The number of carbonyl (C=O) groups is 1. The lowest BCUT2D eigenvalue weighted by Gasteiger charge is -2.09.